The van der Waals surface area contributed by atoms with Crippen molar-refractivity contribution in [3.05, 3.63) is 78.2 Å². The molecule has 0 saturated heterocycles. The van der Waals surface area contributed by atoms with Crippen LogP contribution in [0.25, 0.3) is 0 Å². The van der Waals surface area contributed by atoms with E-state index < -0.39 is 30.4 Å². The smallest absolute Gasteiger partial charge is 0.342 e. The first-order chi connectivity index (χ1) is 16.5. The van der Waals surface area contributed by atoms with E-state index in [9.17, 15) is 18.8 Å². The van der Waals surface area contributed by atoms with Gasteiger partial charge < -0.3 is 25.0 Å². The molecule has 174 valence electrons. The molecule has 1 aliphatic rings. The molecule has 10 heteroatoms. The van der Waals surface area contributed by atoms with Gasteiger partial charge in [-0.2, -0.15) is 0 Å². The maximum atomic E-state index is 14.0. The fraction of sp³-hybridized carbons (Fsp3) is 0.167. The maximum Gasteiger partial charge on any atom is 0.342 e. The molecule has 1 atom stereocenters. The number of esters is 1. The third kappa shape index (κ3) is 4.80. The minimum atomic E-state index is -0.908. The highest BCUT2D eigenvalue weighted by Gasteiger charge is 2.33. The van der Waals surface area contributed by atoms with Crippen LogP contribution in [0, 0.1) is 5.82 Å². The summed E-state index contributed by atoms with van der Waals surface area (Å²) < 4.78 is 24.9. The summed E-state index contributed by atoms with van der Waals surface area (Å²) in [5, 5.41) is 5.27. The highest BCUT2D eigenvalue weighted by atomic mass is 19.1. The average molecular weight is 464 g/mol. The monoisotopic (exact) mass is 464 g/mol. The number of benzene rings is 2. The number of para-hydroxylation sites is 3. The zero-order valence-electron chi connectivity index (χ0n) is 18.2. The number of fused-ring (bicyclic) bond motifs is 1. The molecule has 34 heavy (non-hydrogen) atoms. The Morgan fingerprint density at radius 1 is 1.12 bits per heavy atom. The highest BCUT2D eigenvalue weighted by molar-refractivity contribution is 6.01. The van der Waals surface area contributed by atoms with Crippen LogP contribution in [0.4, 0.5) is 21.6 Å². The Balaban J connectivity index is 1.48. The lowest BCUT2D eigenvalue weighted by Gasteiger charge is -2.33. The summed E-state index contributed by atoms with van der Waals surface area (Å²) >= 11 is 0. The summed E-state index contributed by atoms with van der Waals surface area (Å²) in [7, 11) is 1.47. The fourth-order valence-corrected chi connectivity index (χ4v) is 3.41. The van der Waals surface area contributed by atoms with Crippen molar-refractivity contribution in [2.75, 3.05) is 30.4 Å². The predicted molar refractivity (Wildman–Crippen MR) is 121 cm³/mol. The molecule has 1 aliphatic heterocycles. The van der Waals surface area contributed by atoms with Crippen LogP contribution in [0.5, 0.6) is 5.75 Å². The normalized spacial score (nSPS) is 14.4. The molecule has 0 fully saturated rings. The topological polar surface area (TPSA) is 110 Å². The molecule has 2 heterocycles. The van der Waals surface area contributed by atoms with Crippen molar-refractivity contribution < 1.29 is 28.2 Å². The van der Waals surface area contributed by atoms with E-state index in [1.165, 1.54) is 48.5 Å². The molecule has 1 unspecified atom stereocenters. The van der Waals surface area contributed by atoms with E-state index in [2.05, 4.69) is 15.6 Å². The molecule has 2 amide bonds. The summed E-state index contributed by atoms with van der Waals surface area (Å²) in [5.74, 6) is -1.80. The van der Waals surface area contributed by atoms with Crippen molar-refractivity contribution in [1.82, 2.24) is 10.3 Å². The van der Waals surface area contributed by atoms with Crippen LogP contribution in [0.15, 0.2) is 66.9 Å². The summed E-state index contributed by atoms with van der Waals surface area (Å²) in [4.78, 5) is 43.2. The quantitative estimate of drug-likeness (QED) is 0.540. The molecule has 9 nitrogen and oxygen atoms in total. The number of amides is 2. The Kier molecular flexibility index (Phi) is 6.67. The molecule has 2 N–H and O–H groups in total. The van der Waals surface area contributed by atoms with Crippen LogP contribution < -0.4 is 20.3 Å². The predicted octanol–water partition coefficient (Wildman–Crippen LogP) is 2.66. The van der Waals surface area contributed by atoms with Gasteiger partial charge in [-0.3, -0.25) is 9.59 Å². The van der Waals surface area contributed by atoms with Gasteiger partial charge in [-0.25, -0.2) is 14.2 Å². The molecule has 0 bridgehead atoms. The van der Waals surface area contributed by atoms with Gasteiger partial charge in [0.25, 0.3) is 11.8 Å². The number of carbonyl (C=O) groups excluding carboxylic acids is 3. The number of pyridine rings is 1. The van der Waals surface area contributed by atoms with Crippen LogP contribution in [0.3, 0.4) is 0 Å². The SMILES string of the molecule is CNC(=O)C1CN(C(=O)COC(=O)c2cccnc2Nc2ccccc2F)c2ccccc2O1. The largest absolute Gasteiger partial charge is 0.477 e. The zero-order chi connectivity index (χ0) is 24.1. The number of hydrogen-bond acceptors (Lipinski definition) is 7. The molecular weight excluding hydrogens is 443 g/mol. The van der Waals surface area contributed by atoms with Gasteiger partial charge in [0.15, 0.2) is 12.7 Å². The van der Waals surface area contributed by atoms with Gasteiger partial charge in [-0.1, -0.05) is 24.3 Å². The van der Waals surface area contributed by atoms with E-state index in [0.29, 0.717) is 11.4 Å². The number of nitrogens with zero attached hydrogens (tertiary/aromatic N) is 2. The van der Waals surface area contributed by atoms with Crippen molar-refractivity contribution in [1.29, 1.82) is 0 Å². The summed E-state index contributed by atoms with van der Waals surface area (Å²) in [6.45, 7) is -0.623. The average Bonchev–Trinajstić information content (AvgIpc) is 2.87. The molecular formula is C24H21FN4O5. The standard InChI is InChI=1S/C24H21FN4O5/c1-26-23(31)20-13-29(18-10-4-5-11-19(18)34-20)21(30)14-33-24(32)15-7-6-12-27-22(15)28-17-9-3-2-8-16(17)25/h2-12,20H,13-14H2,1H3,(H,26,31)(H,27,28). The number of likely N-dealkylation sites (N-methyl/N-ethyl adjacent to an activating group) is 1. The first-order valence-corrected chi connectivity index (χ1v) is 10.4. The molecule has 3 aromatic rings. The minimum Gasteiger partial charge on any atom is -0.477 e. The summed E-state index contributed by atoms with van der Waals surface area (Å²) in [5.41, 5.74) is 0.632. The van der Waals surface area contributed by atoms with Crippen LogP contribution in [-0.4, -0.2) is 49.1 Å². The molecule has 2 aromatic carbocycles. The number of hydrogen-bond donors (Lipinski definition) is 2. The van der Waals surface area contributed by atoms with Crippen molar-refractivity contribution in [3.63, 3.8) is 0 Å². The van der Waals surface area contributed by atoms with E-state index in [0.717, 1.165) is 0 Å². The third-order valence-corrected chi connectivity index (χ3v) is 5.09. The Morgan fingerprint density at radius 3 is 2.68 bits per heavy atom. The Morgan fingerprint density at radius 2 is 1.88 bits per heavy atom. The Bertz CT molecular complexity index is 1240. The number of aromatic nitrogens is 1. The second kappa shape index (κ2) is 9.99. The lowest BCUT2D eigenvalue weighted by Crippen LogP contribution is -2.51. The lowest BCUT2D eigenvalue weighted by molar-refractivity contribution is -0.128. The van der Waals surface area contributed by atoms with E-state index >= 15 is 0 Å². The van der Waals surface area contributed by atoms with E-state index in [1.54, 1.807) is 30.3 Å². The number of rotatable bonds is 6. The molecule has 0 spiro atoms. The fourth-order valence-electron chi connectivity index (χ4n) is 3.41. The van der Waals surface area contributed by atoms with Gasteiger partial charge in [-0.05, 0) is 36.4 Å². The first kappa shape index (κ1) is 22.7. The Labute approximate surface area is 194 Å². The van der Waals surface area contributed by atoms with Crippen molar-refractivity contribution in [2.24, 2.45) is 0 Å². The number of anilines is 3. The third-order valence-electron chi connectivity index (χ3n) is 5.09. The van der Waals surface area contributed by atoms with Gasteiger partial charge >= 0.3 is 5.97 Å². The maximum absolute atomic E-state index is 14.0. The van der Waals surface area contributed by atoms with Crippen LogP contribution >= 0.6 is 0 Å². The van der Waals surface area contributed by atoms with Crippen LogP contribution in [-0.2, 0) is 14.3 Å². The molecule has 0 radical (unpaired) electrons. The van der Waals surface area contributed by atoms with E-state index in [-0.39, 0.29) is 29.5 Å². The summed E-state index contributed by atoms with van der Waals surface area (Å²) in [6.07, 6.45) is 0.531. The Hall–Kier alpha value is -4.47. The number of halogens is 1. The molecule has 4 rings (SSSR count). The number of nitrogens with one attached hydrogen (secondary N) is 2. The number of carbonyl (C=O) groups is 3. The van der Waals surface area contributed by atoms with Gasteiger partial charge in [-0.15, -0.1) is 0 Å². The van der Waals surface area contributed by atoms with Crippen LogP contribution in [0.2, 0.25) is 0 Å². The molecule has 1 aromatic heterocycles. The van der Waals surface area contributed by atoms with E-state index in [4.69, 9.17) is 9.47 Å². The van der Waals surface area contributed by atoms with Crippen molar-refractivity contribution >= 4 is 35.0 Å². The lowest BCUT2D eigenvalue weighted by atomic mass is 10.1. The second-order valence-electron chi connectivity index (χ2n) is 7.27. The first-order valence-electron chi connectivity index (χ1n) is 10.4. The summed E-state index contributed by atoms with van der Waals surface area (Å²) in [6, 6.07) is 15.7. The van der Waals surface area contributed by atoms with Gasteiger partial charge in [0.2, 0.25) is 0 Å². The van der Waals surface area contributed by atoms with Gasteiger partial charge in [0.1, 0.15) is 22.9 Å². The minimum absolute atomic E-state index is 0.0316. The van der Waals surface area contributed by atoms with Crippen molar-refractivity contribution in [2.45, 2.75) is 6.10 Å². The molecule has 0 saturated carbocycles. The molecule has 0 aliphatic carbocycles. The van der Waals surface area contributed by atoms with Crippen molar-refractivity contribution in [3.8, 4) is 5.75 Å². The number of ether oxygens (including phenoxy) is 2. The van der Waals surface area contributed by atoms with Crippen LogP contribution in [0.1, 0.15) is 10.4 Å². The highest BCUT2D eigenvalue weighted by Crippen LogP contribution is 2.33. The zero-order valence-corrected chi connectivity index (χ0v) is 18.2. The second-order valence-corrected chi connectivity index (χ2v) is 7.27. The van der Waals surface area contributed by atoms with E-state index in [1.807, 2.05) is 0 Å². The van der Waals surface area contributed by atoms with Gasteiger partial charge in [0.05, 0.1) is 17.9 Å². The van der Waals surface area contributed by atoms with Gasteiger partial charge in [0, 0.05) is 13.2 Å².